The minimum atomic E-state index is -0.0322. The van der Waals surface area contributed by atoms with Gasteiger partial charge in [-0.1, -0.05) is 12.1 Å². The molecule has 21 heavy (non-hydrogen) atoms. The van der Waals surface area contributed by atoms with Gasteiger partial charge in [0.1, 0.15) is 12.4 Å². The van der Waals surface area contributed by atoms with Crippen LogP contribution in [0.5, 0.6) is 0 Å². The summed E-state index contributed by atoms with van der Waals surface area (Å²) >= 11 is 0. The number of para-hydroxylation sites is 2. The number of nitrogens with one attached hydrogen (secondary N) is 1. The summed E-state index contributed by atoms with van der Waals surface area (Å²) in [4.78, 5) is 18.7. The molecule has 6 nitrogen and oxygen atoms in total. The molecule has 0 spiro atoms. The van der Waals surface area contributed by atoms with E-state index >= 15 is 0 Å². The molecule has 0 aliphatic rings. The second-order valence-corrected chi connectivity index (χ2v) is 5.18. The summed E-state index contributed by atoms with van der Waals surface area (Å²) in [5, 5.41) is 2.84. The van der Waals surface area contributed by atoms with Gasteiger partial charge < -0.3 is 19.5 Å². The molecule has 0 atom stereocenters. The predicted octanol–water partition coefficient (Wildman–Crippen LogP) is 0.861. The first-order valence-electron chi connectivity index (χ1n) is 6.96. The van der Waals surface area contributed by atoms with Crippen molar-refractivity contribution in [1.82, 2.24) is 19.8 Å². The summed E-state index contributed by atoms with van der Waals surface area (Å²) in [5.41, 5.74) is 1.90. The lowest BCUT2D eigenvalue weighted by atomic mass is 10.3. The average Bonchev–Trinajstić information content (AvgIpc) is 2.76. The summed E-state index contributed by atoms with van der Waals surface area (Å²) in [5.74, 6) is 0.860. The lowest BCUT2D eigenvalue weighted by molar-refractivity contribution is -0.121. The number of carbonyl (C=O) groups is 1. The normalized spacial score (nSPS) is 11.2. The number of rotatable bonds is 7. The van der Waals surface area contributed by atoms with Crippen LogP contribution in [0, 0.1) is 0 Å². The molecule has 0 radical (unpaired) electrons. The number of hydrogen-bond acceptors (Lipinski definition) is 4. The second-order valence-electron chi connectivity index (χ2n) is 5.18. The highest BCUT2D eigenvalue weighted by Gasteiger charge is 2.13. The SMILES string of the molecule is COCCNC(=O)Cn1c(CN(C)C)nc2ccccc21. The smallest absolute Gasteiger partial charge is 0.240 e. The molecule has 1 amide bonds. The molecule has 1 N–H and O–H groups in total. The number of hydrogen-bond donors (Lipinski definition) is 1. The molecule has 2 rings (SSSR count). The van der Waals surface area contributed by atoms with Crippen LogP contribution >= 0.6 is 0 Å². The molecule has 0 saturated heterocycles. The molecule has 0 fully saturated rings. The fourth-order valence-electron chi connectivity index (χ4n) is 2.20. The summed E-state index contributed by atoms with van der Waals surface area (Å²) in [7, 11) is 5.59. The van der Waals surface area contributed by atoms with E-state index in [2.05, 4.69) is 10.3 Å². The Morgan fingerprint density at radius 3 is 2.86 bits per heavy atom. The molecule has 0 bridgehead atoms. The van der Waals surface area contributed by atoms with E-state index in [9.17, 15) is 4.79 Å². The highest BCUT2D eigenvalue weighted by molar-refractivity contribution is 5.81. The fourth-order valence-corrected chi connectivity index (χ4v) is 2.20. The Bertz CT molecular complexity index is 607. The molecular formula is C15H22N4O2. The molecule has 0 unspecified atom stereocenters. The first-order valence-corrected chi connectivity index (χ1v) is 6.96. The highest BCUT2D eigenvalue weighted by atomic mass is 16.5. The van der Waals surface area contributed by atoms with Crippen LogP contribution in [0.3, 0.4) is 0 Å². The van der Waals surface area contributed by atoms with Crippen molar-refractivity contribution in [1.29, 1.82) is 0 Å². The van der Waals surface area contributed by atoms with E-state index in [4.69, 9.17) is 4.74 Å². The zero-order valence-electron chi connectivity index (χ0n) is 12.8. The van der Waals surface area contributed by atoms with Crippen molar-refractivity contribution in [3.63, 3.8) is 0 Å². The summed E-state index contributed by atoms with van der Waals surface area (Å²) in [6.45, 7) is 2.00. The fraction of sp³-hybridized carbons (Fsp3) is 0.467. The summed E-state index contributed by atoms with van der Waals surface area (Å²) in [6.07, 6.45) is 0. The molecule has 0 aliphatic heterocycles. The van der Waals surface area contributed by atoms with E-state index in [0.717, 1.165) is 16.9 Å². The van der Waals surface area contributed by atoms with Crippen molar-refractivity contribution < 1.29 is 9.53 Å². The van der Waals surface area contributed by atoms with Gasteiger partial charge in [-0.15, -0.1) is 0 Å². The first-order chi connectivity index (χ1) is 10.1. The Balaban J connectivity index is 2.21. The van der Waals surface area contributed by atoms with E-state index in [1.54, 1.807) is 7.11 Å². The largest absolute Gasteiger partial charge is 0.383 e. The Kier molecular flexibility index (Phi) is 5.30. The van der Waals surface area contributed by atoms with Gasteiger partial charge in [-0.25, -0.2) is 4.98 Å². The molecule has 0 saturated carbocycles. The van der Waals surface area contributed by atoms with Crippen LogP contribution in [0.15, 0.2) is 24.3 Å². The van der Waals surface area contributed by atoms with E-state index in [1.807, 2.05) is 47.8 Å². The van der Waals surface area contributed by atoms with Crippen LogP contribution < -0.4 is 5.32 Å². The zero-order valence-corrected chi connectivity index (χ0v) is 12.8. The van der Waals surface area contributed by atoms with E-state index in [-0.39, 0.29) is 12.5 Å². The van der Waals surface area contributed by atoms with Crippen molar-refractivity contribution in [2.75, 3.05) is 34.4 Å². The van der Waals surface area contributed by atoms with Crippen molar-refractivity contribution in [3.05, 3.63) is 30.1 Å². The summed E-state index contributed by atoms with van der Waals surface area (Å²) < 4.78 is 6.90. The van der Waals surface area contributed by atoms with Crippen LogP contribution in [0.2, 0.25) is 0 Å². The Hall–Kier alpha value is -1.92. The van der Waals surface area contributed by atoms with Gasteiger partial charge in [-0.05, 0) is 26.2 Å². The third kappa shape index (κ3) is 4.03. The van der Waals surface area contributed by atoms with Crippen molar-refractivity contribution in [3.8, 4) is 0 Å². The number of fused-ring (bicyclic) bond motifs is 1. The summed E-state index contributed by atoms with van der Waals surface area (Å²) in [6, 6.07) is 7.87. The number of amides is 1. The van der Waals surface area contributed by atoms with E-state index in [1.165, 1.54) is 0 Å². The highest BCUT2D eigenvalue weighted by Crippen LogP contribution is 2.16. The van der Waals surface area contributed by atoms with Crippen molar-refractivity contribution in [2.24, 2.45) is 0 Å². The first kappa shape index (κ1) is 15.5. The maximum Gasteiger partial charge on any atom is 0.240 e. The molecule has 114 valence electrons. The Labute approximate surface area is 124 Å². The van der Waals surface area contributed by atoms with Gasteiger partial charge in [0.15, 0.2) is 0 Å². The number of methoxy groups -OCH3 is 1. The molecule has 2 aromatic rings. The quantitative estimate of drug-likeness (QED) is 0.768. The average molecular weight is 290 g/mol. The second kappa shape index (κ2) is 7.19. The molecule has 0 aliphatic carbocycles. The number of benzene rings is 1. The lowest BCUT2D eigenvalue weighted by Crippen LogP contribution is -2.31. The van der Waals surface area contributed by atoms with Crippen LogP contribution in [0.1, 0.15) is 5.82 Å². The minimum absolute atomic E-state index is 0.0322. The third-order valence-electron chi connectivity index (χ3n) is 3.12. The topological polar surface area (TPSA) is 59.4 Å². The maximum atomic E-state index is 12.0. The van der Waals surface area contributed by atoms with Crippen molar-refractivity contribution >= 4 is 16.9 Å². The van der Waals surface area contributed by atoms with Gasteiger partial charge in [-0.2, -0.15) is 0 Å². The van der Waals surface area contributed by atoms with Crippen LogP contribution in [0.25, 0.3) is 11.0 Å². The van der Waals surface area contributed by atoms with Gasteiger partial charge in [0, 0.05) is 13.7 Å². The molecule has 1 aromatic heterocycles. The standard InChI is InChI=1S/C15H22N4O2/c1-18(2)10-14-17-12-6-4-5-7-13(12)19(14)11-15(20)16-8-9-21-3/h4-7H,8-11H2,1-3H3,(H,16,20). The van der Waals surface area contributed by atoms with E-state index < -0.39 is 0 Å². The van der Waals surface area contributed by atoms with Gasteiger partial charge in [-0.3, -0.25) is 4.79 Å². The minimum Gasteiger partial charge on any atom is -0.383 e. The van der Waals surface area contributed by atoms with Gasteiger partial charge in [0.05, 0.1) is 24.2 Å². The zero-order chi connectivity index (χ0) is 15.2. The van der Waals surface area contributed by atoms with Crippen LogP contribution in [-0.2, 0) is 22.6 Å². The third-order valence-corrected chi connectivity index (χ3v) is 3.12. The molecule has 1 heterocycles. The van der Waals surface area contributed by atoms with Crippen LogP contribution in [0.4, 0.5) is 0 Å². The molecule has 6 heteroatoms. The monoisotopic (exact) mass is 290 g/mol. The number of carbonyl (C=O) groups excluding carboxylic acids is 1. The lowest BCUT2D eigenvalue weighted by Gasteiger charge is -2.13. The number of ether oxygens (including phenoxy) is 1. The predicted molar refractivity (Wildman–Crippen MR) is 82.0 cm³/mol. The van der Waals surface area contributed by atoms with Gasteiger partial charge in [0.2, 0.25) is 5.91 Å². The maximum absolute atomic E-state index is 12.0. The number of imidazole rings is 1. The molecule has 1 aromatic carbocycles. The van der Waals surface area contributed by atoms with E-state index in [0.29, 0.717) is 19.7 Å². The van der Waals surface area contributed by atoms with Crippen molar-refractivity contribution in [2.45, 2.75) is 13.1 Å². The van der Waals surface area contributed by atoms with Gasteiger partial charge in [0.25, 0.3) is 0 Å². The Morgan fingerprint density at radius 1 is 1.38 bits per heavy atom. The Morgan fingerprint density at radius 2 is 2.14 bits per heavy atom. The molecular weight excluding hydrogens is 268 g/mol. The van der Waals surface area contributed by atoms with Gasteiger partial charge >= 0.3 is 0 Å². The van der Waals surface area contributed by atoms with Crippen LogP contribution in [-0.4, -0.2) is 54.7 Å². The number of aromatic nitrogens is 2. The number of nitrogens with zero attached hydrogens (tertiary/aromatic N) is 3.